The van der Waals surface area contributed by atoms with Crippen molar-refractivity contribution in [3.63, 3.8) is 0 Å². The van der Waals surface area contributed by atoms with E-state index < -0.39 is 12.1 Å². The number of hydrogen-bond acceptors (Lipinski definition) is 4. The molecular formula is C11H16O4. The maximum Gasteiger partial charge on any atom is 0.335 e. The highest BCUT2D eigenvalue weighted by atomic mass is 16.6. The molecular weight excluding hydrogens is 196 g/mol. The number of methoxy groups -OCH3 is 1. The lowest BCUT2D eigenvalue weighted by molar-refractivity contribution is -0.140. The Morgan fingerprint density at radius 2 is 2.33 bits per heavy atom. The first-order chi connectivity index (χ1) is 7.17. The number of ketones is 1. The third-order valence-corrected chi connectivity index (χ3v) is 2.29. The van der Waals surface area contributed by atoms with Crippen molar-refractivity contribution >= 4 is 11.8 Å². The van der Waals surface area contributed by atoms with Crippen molar-refractivity contribution < 1.29 is 19.1 Å². The summed E-state index contributed by atoms with van der Waals surface area (Å²) in [6.07, 6.45) is 3.42. The van der Waals surface area contributed by atoms with Crippen molar-refractivity contribution in [3.05, 3.63) is 11.8 Å². The van der Waals surface area contributed by atoms with Crippen LogP contribution in [0.15, 0.2) is 11.8 Å². The molecule has 0 fully saturated rings. The number of carbonyl (C=O) groups is 2. The van der Waals surface area contributed by atoms with Gasteiger partial charge >= 0.3 is 5.97 Å². The summed E-state index contributed by atoms with van der Waals surface area (Å²) in [4.78, 5) is 22.4. The first kappa shape index (κ1) is 11.8. The normalized spacial score (nSPS) is 19.7. The fraction of sp³-hybridized carbons (Fsp3) is 0.636. The number of unbranched alkanes of at least 4 members (excludes halogenated alkanes) is 1. The fourth-order valence-electron chi connectivity index (χ4n) is 1.46. The number of hydrogen-bond donors (Lipinski definition) is 0. The zero-order chi connectivity index (χ0) is 11.3. The Bertz CT molecular complexity index is 280. The third kappa shape index (κ3) is 3.38. The molecule has 0 aromatic rings. The summed E-state index contributed by atoms with van der Waals surface area (Å²) in [5.74, 6) is 0.129. The summed E-state index contributed by atoms with van der Waals surface area (Å²) in [5.41, 5.74) is 0. The maximum atomic E-state index is 11.5. The number of carbonyl (C=O) groups excluding carboxylic acids is 2. The second-order valence-electron chi connectivity index (χ2n) is 3.52. The van der Waals surface area contributed by atoms with Crippen LogP contribution in [0.4, 0.5) is 0 Å². The Morgan fingerprint density at radius 3 is 2.93 bits per heavy atom. The molecule has 4 heteroatoms. The molecule has 1 aliphatic rings. The lowest BCUT2D eigenvalue weighted by Crippen LogP contribution is -2.17. The van der Waals surface area contributed by atoms with Gasteiger partial charge in [0.25, 0.3) is 0 Å². The van der Waals surface area contributed by atoms with Crippen molar-refractivity contribution in [2.75, 3.05) is 7.11 Å². The van der Waals surface area contributed by atoms with Gasteiger partial charge in [-0.1, -0.05) is 13.3 Å². The van der Waals surface area contributed by atoms with Crippen LogP contribution in [0.2, 0.25) is 0 Å². The van der Waals surface area contributed by atoms with Crippen LogP contribution in [0, 0.1) is 0 Å². The quantitative estimate of drug-likeness (QED) is 0.627. The number of cyclic esters (lactones) is 1. The van der Waals surface area contributed by atoms with Gasteiger partial charge in [0, 0.05) is 6.42 Å². The van der Waals surface area contributed by atoms with E-state index in [4.69, 9.17) is 9.47 Å². The zero-order valence-corrected chi connectivity index (χ0v) is 9.12. The van der Waals surface area contributed by atoms with E-state index >= 15 is 0 Å². The molecule has 0 bridgehead atoms. The highest BCUT2D eigenvalue weighted by molar-refractivity contribution is 5.87. The first-order valence-corrected chi connectivity index (χ1v) is 5.15. The van der Waals surface area contributed by atoms with Crippen LogP contribution in [-0.2, 0) is 19.1 Å². The van der Waals surface area contributed by atoms with Gasteiger partial charge in [-0.05, 0) is 6.42 Å². The molecule has 15 heavy (non-hydrogen) atoms. The van der Waals surface area contributed by atoms with Crippen molar-refractivity contribution in [2.24, 2.45) is 0 Å². The van der Waals surface area contributed by atoms with E-state index in [9.17, 15) is 9.59 Å². The molecule has 0 N–H and O–H groups in total. The average Bonchev–Trinajstić information content (AvgIpc) is 2.55. The van der Waals surface area contributed by atoms with Gasteiger partial charge in [-0.15, -0.1) is 0 Å². The van der Waals surface area contributed by atoms with Gasteiger partial charge < -0.3 is 9.47 Å². The predicted octanol–water partition coefficient (Wildman–Crippen LogP) is 1.59. The van der Waals surface area contributed by atoms with Crippen LogP contribution in [-0.4, -0.2) is 25.0 Å². The molecule has 0 saturated heterocycles. The van der Waals surface area contributed by atoms with Crippen LogP contribution in [0.1, 0.15) is 32.6 Å². The van der Waals surface area contributed by atoms with E-state index in [0.29, 0.717) is 12.2 Å². The van der Waals surface area contributed by atoms with E-state index in [0.717, 1.165) is 12.8 Å². The Morgan fingerprint density at radius 1 is 1.60 bits per heavy atom. The van der Waals surface area contributed by atoms with Gasteiger partial charge in [0.2, 0.25) is 0 Å². The third-order valence-electron chi connectivity index (χ3n) is 2.29. The van der Waals surface area contributed by atoms with Crippen LogP contribution in [0.5, 0.6) is 0 Å². The smallest absolute Gasteiger partial charge is 0.335 e. The highest BCUT2D eigenvalue weighted by Crippen LogP contribution is 2.20. The molecule has 0 saturated carbocycles. The summed E-state index contributed by atoms with van der Waals surface area (Å²) < 4.78 is 9.90. The van der Waals surface area contributed by atoms with Gasteiger partial charge in [0.15, 0.2) is 6.10 Å². The number of Topliss-reactive ketones (excluding diaryl/α,β-unsaturated/α-hetero) is 1. The molecule has 0 aliphatic carbocycles. The zero-order valence-electron chi connectivity index (χ0n) is 9.12. The van der Waals surface area contributed by atoms with Gasteiger partial charge in [0.05, 0.1) is 19.6 Å². The average molecular weight is 212 g/mol. The summed E-state index contributed by atoms with van der Waals surface area (Å²) in [6.45, 7) is 2.03. The van der Waals surface area contributed by atoms with E-state index in [1.54, 1.807) is 0 Å². The number of rotatable bonds is 6. The molecule has 4 nitrogen and oxygen atoms in total. The topological polar surface area (TPSA) is 52.6 Å². The van der Waals surface area contributed by atoms with Crippen LogP contribution in [0.3, 0.4) is 0 Å². The summed E-state index contributed by atoms with van der Waals surface area (Å²) in [5, 5.41) is 0. The molecule has 0 amide bonds. The minimum absolute atomic E-state index is 0.111. The number of ether oxygens (including phenoxy) is 2. The lowest BCUT2D eigenvalue weighted by atomic mass is 10.1. The minimum atomic E-state index is -0.508. The molecule has 1 heterocycles. The van der Waals surface area contributed by atoms with E-state index in [-0.39, 0.29) is 12.2 Å². The summed E-state index contributed by atoms with van der Waals surface area (Å²) in [6, 6.07) is 0. The Hall–Kier alpha value is -1.32. The van der Waals surface area contributed by atoms with Crippen LogP contribution in [0.25, 0.3) is 0 Å². The molecule has 1 aliphatic heterocycles. The SMILES string of the molecule is CCCCC(=O)CC1OC(=O)C=C1OC. The number of esters is 1. The second kappa shape index (κ2) is 5.53. The molecule has 1 unspecified atom stereocenters. The van der Waals surface area contributed by atoms with Crippen LogP contribution < -0.4 is 0 Å². The van der Waals surface area contributed by atoms with Gasteiger partial charge in [0.1, 0.15) is 11.5 Å². The lowest BCUT2D eigenvalue weighted by Gasteiger charge is -2.11. The standard InChI is InChI=1S/C11H16O4/c1-3-4-5-8(12)6-10-9(14-2)7-11(13)15-10/h7,10H,3-6H2,1-2H3. The molecule has 1 atom stereocenters. The Balaban J connectivity index is 2.42. The van der Waals surface area contributed by atoms with Crippen molar-refractivity contribution in [2.45, 2.75) is 38.7 Å². The molecule has 0 aromatic heterocycles. The first-order valence-electron chi connectivity index (χ1n) is 5.15. The van der Waals surface area contributed by atoms with Gasteiger partial charge in [-0.25, -0.2) is 4.79 Å². The molecule has 84 valence electrons. The summed E-state index contributed by atoms with van der Waals surface area (Å²) in [7, 11) is 1.47. The van der Waals surface area contributed by atoms with Crippen molar-refractivity contribution in [1.82, 2.24) is 0 Å². The van der Waals surface area contributed by atoms with E-state index in [2.05, 4.69) is 0 Å². The summed E-state index contributed by atoms with van der Waals surface area (Å²) >= 11 is 0. The molecule has 0 radical (unpaired) electrons. The molecule has 0 aromatic carbocycles. The highest BCUT2D eigenvalue weighted by Gasteiger charge is 2.28. The minimum Gasteiger partial charge on any atom is -0.497 e. The van der Waals surface area contributed by atoms with E-state index in [1.807, 2.05) is 6.92 Å². The van der Waals surface area contributed by atoms with Crippen molar-refractivity contribution in [1.29, 1.82) is 0 Å². The van der Waals surface area contributed by atoms with Gasteiger partial charge in [-0.3, -0.25) is 4.79 Å². The van der Waals surface area contributed by atoms with Crippen molar-refractivity contribution in [3.8, 4) is 0 Å². The molecule has 1 rings (SSSR count). The molecule has 0 spiro atoms. The van der Waals surface area contributed by atoms with Gasteiger partial charge in [-0.2, -0.15) is 0 Å². The Labute approximate surface area is 89.2 Å². The maximum absolute atomic E-state index is 11.5. The fourth-order valence-corrected chi connectivity index (χ4v) is 1.46. The predicted molar refractivity (Wildman–Crippen MR) is 54.1 cm³/mol. The Kier molecular flexibility index (Phi) is 4.34. The largest absolute Gasteiger partial charge is 0.497 e. The monoisotopic (exact) mass is 212 g/mol. The van der Waals surface area contributed by atoms with Crippen LogP contribution >= 0.6 is 0 Å². The van der Waals surface area contributed by atoms with E-state index in [1.165, 1.54) is 13.2 Å². The second-order valence-corrected chi connectivity index (χ2v) is 3.52.